The zero-order valence-corrected chi connectivity index (χ0v) is 6.90. The molecule has 0 heterocycles. The second-order valence-electron chi connectivity index (χ2n) is 2.61. The molecule has 0 radical (unpaired) electrons. The highest BCUT2D eigenvalue weighted by Gasteiger charge is 2.05. The van der Waals surface area contributed by atoms with Gasteiger partial charge in [-0.25, -0.2) is 0 Å². The lowest BCUT2D eigenvalue weighted by molar-refractivity contribution is 0.538. The molecule has 0 spiro atoms. The topological polar surface area (TPSA) is 12.0 Å². The van der Waals surface area contributed by atoms with Crippen molar-refractivity contribution in [3.63, 3.8) is 0 Å². The van der Waals surface area contributed by atoms with Gasteiger partial charge < -0.3 is 5.32 Å². The van der Waals surface area contributed by atoms with Crippen LogP contribution in [0.25, 0.3) is 0 Å². The lowest BCUT2D eigenvalue weighted by Gasteiger charge is -2.16. The summed E-state index contributed by atoms with van der Waals surface area (Å²) < 4.78 is 0. The van der Waals surface area contributed by atoms with E-state index in [4.69, 9.17) is 11.6 Å². The predicted molar refractivity (Wildman–Crippen MR) is 45.5 cm³/mol. The Hall–Kier alpha value is -0.0100. The van der Waals surface area contributed by atoms with Crippen LogP contribution in [0.4, 0.5) is 0 Å². The first-order valence-corrected chi connectivity index (χ1v) is 4.43. The van der Waals surface area contributed by atoms with Gasteiger partial charge in [-0.05, 0) is 19.3 Å². The molecule has 0 amide bonds. The maximum absolute atomic E-state index is 5.53. The SMILES string of the molecule is ClCCNC1C=CCCC1. The Morgan fingerprint density at radius 2 is 2.50 bits per heavy atom. The van der Waals surface area contributed by atoms with Gasteiger partial charge in [-0.1, -0.05) is 12.2 Å². The first-order chi connectivity index (χ1) is 4.93. The van der Waals surface area contributed by atoms with Gasteiger partial charge in [-0.3, -0.25) is 0 Å². The highest BCUT2D eigenvalue weighted by atomic mass is 35.5. The van der Waals surface area contributed by atoms with Crippen LogP contribution in [-0.2, 0) is 0 Å². The standard InChI is InChI=1S/C8H14ClN/c9-6-7-10-8-4-2-1-3-5-8/h2,4,8,10H,1,3,5-7H2. The van der Waals surface area contributed by atoms with E-state index in [9.17, 15) is 0 Å². The van der Waals surface area contributed by atoms with Gasteiger partial charge in [0.1, 0.15) is 0 Å². The van der Waals surface area contributed by atoms with Gasteiger partial charge in [0.15, 0.2) is 0 Å². The van der Waals surface area contributed by atoms with Crippen molar-refractivity contribution in [2.75, 3.05) is 12.4 Å². The number of halogens is 1. The summed E-state index contributed by atoms with van der Waals surface area (Å²) in [6.07, 6.45) is 8.33. The van der Waals surface area contributed by atoms with Crippen LogP contribution in [0.2, 0.25) is 0 Å². The van der Waals surface area contributed by atoms with Crippen molar-refractivity contribution >= 4 is 11.6 Å². The minimum atomic E-state index is 0.590. The normalized spacial score (nSPS) is 25.1. The largest absolute Gasteiger partial charge is 0.309 e. The van der Waals surface area contributed by atoms with Crippen LogP contribution < -0.4 is 5.32 Å². The fourth-order valence-corrected chi connectivity index (χ4v) is 1.33. The van der Waals surface area contributed by atoms with Crippen LogP contribution in [0.3, 0.4) is 0 Å². The molecule has 1 nitrogen and oxygen atoms in total. The molecule has 1 atom stereocenters. The first-order valence-electron chi connectivity index (χ1n) is 3.89. The van der Waals surface area contributed by atoms with Gasteiger partial charge in [0.2, 0.25) is 0 Å². The van der Waals surface area contributed by atoms with Gasteiger partial charge in [-0.15, -0.1) is 11.6 Å². The molecule has 10 heavy (non-hydrogen) atoms. The van der Waals surface area contributed by atoms with Crippen molar-refractivity contribution in [1.82, 2.24) is 5.32 Å². The maximum atomic E-state index is 5.53. The summed E-state index contributed by atoms with van der Waals surface area (Å²) in [7, 11) is 0. The van der Waals surface area contributed by atoms with E-state index in [1.807, 2.05) is 0 Å². The van der Waals surface area contributed by atoms with Gasteiger partial charge in [0.05, 0.1) is 0 Å². The Morgan fingerprint density at radius 1 is 1.60 bits per heavy atom. The fourth-order valence-electron chi connectivity index (χ4n) is 1.22. The van der Waals surface area contributed by atoms with E-state index in [2.05, 4.69) is 17.5 Å². The molecule has 0 aromatic heterocycles. The molecule has 1 N–H and O–H groups in total. The smallest absolute Gasteiger partial charge is 0.0348 e. The highest BCUT2D eigenvalue weighted by molar-refractivity contribution is 6.18. The predicted octanol–water partition coefficient (Wildman–Crippen LogP) is 1.92. The third-order valence-electron chi connectivity index (χ3n) is 1.76. The molecular weight excluding hydrogens is 146 g/mol. The quantitative estimate of drug-likeness (QED) is 0.490. The summed E-state index contributed by atoms with van der Waals surface area (Å²) in [4.78, 5) is 0. The number of nitrogens with one attached hydrogen (secondary N) is 1. The maximum Gasteiger partial charge on any atom is 0.0348 e. The molecule has 1 rings (SSSR count). The van der Waals surface area contributed by atoms with E-state index in [0.29, 0.717) is 11.9 Å². The summed E-state index contributed by atoms with van der Waals surface area (Å²) in [5.41, 5.74) is 0. The fraction of sp³-hybridized carbons (Fsp3) is 0.750. The zero-order valence-electron chi connectivity index (χ0n) is 6.15. The number of hydrogen-bond donors (Lipinski definition) is 1. The van der Waals surface area contributed by atoms with E-state index in [0.717, 1.165) is 6.54 Å². The van der Waals surface area contributed by atoms with Crippen LogP contribution in [0.1, 0.15) is 19.3 Å². The molecule has 0 fully saturated rings. The van der Waals surface area contributed by atoms with Crippen LogP contribution >= 0.6 is 11.6 Å². The van der Waals surface area contributed by atoms with Gasteiger partial charge >= 0.3 is 0 Å². The summed E-state index contributed by atoms with van der Waals surface area (Å²) in [5, 5.41) is 3.35. The molecule has 0 saturated carbocycles. The third kappa shape index (κ3) is 2.72. The number of alkyl halides is 1. The van der Waals surface area contributed by atoms with Gasteiger partial charge in [0, 0.05) is 18.5 Å². The molecule has 0 saturated heterocycles. The monoisotopic (exact) mass is 159 g/mol. The molecule has 1 aliphatic carbocycles. The minimum absolute atomic E-state index is 0.590. The lowest BCUT2D eigenvalue weighted by atomic mass is 10.0. The average Bonchev–Trinajstić information content (AvgIpc) is 2.03. The number of hydrogen-bond acceptors (Lipinski definition) is 1. The second kappa shape index (κ2) is 4.75. The Labute approximate surface area is 67.5 Å². The van der Waals surface area contributed by atoms with Crippen molar-refractivity contribution in [3.8, 4) is 0 Å². The van der Waals surface area contributed by atoms with E-state index >= 15 is 0 Å². The van der Waals surface area contributed by atoms with Gasteiger partial charge in [0.25, 0.3) is 0 Å². The molecule has 1 unspecified atom stereocenters. The summed E-state index contributed by atoms with van der Waals surface area (Å²) in [6.45, 7) is 0.927. The molecule has 0 aromatic rings. The van der Waals surface area contributed by atoms with Crippen molar-refractivity contribution in [2.24, 2.45) is 0 Å². The number of allylic oxidation sites excluding steroid dienone is 1. The van der Waals surface area contributed by atoms with Crippen LogP contribution in [0, 0.1) is 0 Å². The molecule has 1 aliphatic rings. The lowest BCUT2D eigenvalue weighted by Crippen LogP contribution is -2.29. The molecule has 58 valence electrons. The van der Waals surface area contributed by atoms with Gasteiger partial charge in [-0.2, -0.15) is 0 Å². The van der Waals surface area contributed by atoms with Crippen molar-refractivity contribution in [3.05, 3.63) is 12.2 Å². The van der Waals surface area contributed by atoms with E-state index in [1.165, 1.54) is 19.3 Å². The second-order valence-corrected chi connectivity index (χ2v) is 2.99. The average molecular weight is 160 g/mol. The minimum Gasteiger partial charge on any atom is -0.309 e. The molecular formula is C8H14ClN. The van der Waals surface area contributed by atoms with Crippen LogP contribution in [-0.4, -0.2) is 18.5 Å². The summed E-state index contributed by atoms with van der Waals surface area (Å²) in [5.74, 6) is 0.713. The number of rotatable bonds is 3. The Balaban J connectivity index is 2.13. The van der Waals surface area contributed by atoms with Crippen LogP contribution in [0.5, 0.6) is 0 Å². The van der Waals surface area contributed by atoms with Crippen molar-refractivity contribution in [2.45, 2.75) is 25.3 Å². The molecule has 0 bridgehead atoms. The van der Waals surface area contributed by atoms with E-state index in [1.54, 1.807) is 0 Å². The molecule has 2 heteroatoms. The highest BCUT2D eigenvalue weighted by Crippen LogP contribution is 2.09. The van der Waals surface area contributed by atoms with Crippen molar-refractivity contribution < 1.29 is 0 Å². The zero-order chi connectivity index (χ0) is 7.23. The summed E-state index contributed by atoms with van der Waals surface area (Å²) >= 11 is 5.53. The summed E-state index contributed by atoms with van der Waals surface area (Å²) in [6, 6.07) is 0.590. The van der Waals surface area contributed by atoms with E-state index in [-0.39, 0.29) is 0 Å². The van der Waals surface area contributed by atoms with Crippen LogP contribution in [0.15, 0.2) is 12.2 Å². The molecule has 0 aliphatic heterocycles. The van der Waals surface area contributed by atoms with Crippen molar-refractivity contribution in [1.29, 1.82) is 0 Å². The van der Waals surface area contributed by atoms with E-state index < -0.39 is 0 Å². The first kappa shape index (κ1) is 8.09. The Morgan fingerprint density at radius 3 is 3.10 bits per heavy atom. The third-order valence-corrected chi connectivity index (χ3v) is 1.94. The molecule has 0 aromatic carbocycles. The Kier molecular flexibility index (Phi) is 3.84. The Bertz CT molecular complexity index is 112.